The van der Waals surface area contributed by atoms with Gasteiger partial charge in [-0.15, -0.1) is 5.10 Å². The lowest BCUT2D eigenvalue weighted by molar-refractivity contribution is -0.149. The van der Waals surface area contributed by atoms with Crippen molar-refractivity contribution in [1.29, 1.82) is 0 Å². The summed E-state index contributed by atoms with van der Waals surface area (Å²) < 4.78 is 11.9. The molecule has 0 unspecified atom stereocenters. The lowest BCUT2D eigenvalue weighted by atomic mass is 10.3. The molecule has 0 atom stereocenters. The van der Waals surface area contributed by atoms with Crippen molar-refractivity contribution in [3.8, 4) is 17.3 Å². The number of esters is 1. The van der Waals surface area contributed by atoms with Gasteiger partial charge in [-0.1, -0.05) is 11.6 Å². The monoisotopic (exact) mass is 309 g/mol. The zero-order chi connectivity index (χ0) is 15.4. The highest BCUT2D eigenvalue weighted by Crippen LogP contribution is 2.22. The molecule has 0 saturated carbocycles. The van der Waals surface area contributed by atoms with E-state index in [0.717, 1.165) is 5.69 Å². The number of aromatic nitrogens is 3. The van der Waals surface area contributed by atoms with Gasteiger partial charge in [0, 0.05) is 19.3 Å². The number of ether oxygens (including phenoxy) is 2. The molecule has 6 nitrogen and oxygen atoms in total. The number of carbonyl (C=O) groups excluding carboxylic acids is 1. The van der Waals surface area contributed by atoms with Crippen LogP contribution in [0.15, 0.2) is 24.4 Å². The summed E-state index contributed by atoms with van der Waals surface area (Å²) in [6, 6.07) is 5.24. The number of nitrogens with zero attached hydrogens (tertiary/aromatic N) is 3. The van der Waals surface area contributed by atoms with Crippen LogP contribution in [-0.2, 0) is 16.6 Å². The summed E-state index contributed by atoms with van der Waals surface area (Å²) in [5.41, 5.74) is 1.48. The number of aryl methyl sites for hydroxylation is 1. The van der Waals surface area contributed by atoms with Crippen molar-refractivity contribution in [3.05, 3.63) is 29.4 Å². The fraction of sp³-hybridized carbons (Fsp3) is 0.357. The Bertz CT molecular complexity index is 623. The second-order valence-electron chi connectivity index (χ2n) is 4.68. The third-order valence-corrected chi connectivity index (χ3v) is 2.78. The van der Waals surface area contributed by atoms with Crippen LogP contribution in [0.5, 0.6) is 5.88 Å². The number of rotatable bonds is 5. The van der Waals surface area contributed by atoms with Gasteiger partial charge in [0.2, 0.25) is 5.88 Å². The summed E-state index contributed by atoms with van der Waals surface area (Å²) in [4.78, 5) is 15.6. The lowest BCUT2D eigenvalue weighted by Crippen LogP contribution is -2.18. The van der Waals surface area contributed by atoms with Crippen LogP contribution in [0, 0.1) is 0 Å². The molecule has 2 aromatic heterocycles. The van der Waals surface area contributed by atoms with Crippen LogP contribution in [0.2, 0.25) is 5.02 Å². The van der Waals surface area contributed by atoms with E-state index in [1.807, 2.05) is 0 Å². The van der Waals surface area contributed by atoms with Crippen LogP contribution in [0.3, 0.4) is 0 Å². The lowest BCUT2D eigenvalue weighted by Gasteiger charge is -2.07. The number of pyridine rings is 1. The first-order valence-electron chi connectivity index (χ1n) is 6.44. The maximum atomic E-state index is 11.4. The topological polar surface area (TPSA) is 66.2 Å². The Morgan fingerprint density at radius 2 is 2.19 bits per heavy atom. The van der Waals surface area contributed by atoms with Gasteiger partial charge >= 0.3 is 5.97 Å². The standard InChI is InChI=1S/C14H16ClN3O3/c1-9(2)21-14(19)8-20-13-6-12(18(3)17-13)11-5-4-10(15)7-16-11/h4-7,9H,8H2,1-3H3. The zero-order valence-corrected chi connectivity index (χ0v) is 12.8. The Kier molecular flexibility index (Phi) is 4.80. The van der Waals surface area contributed by atoms with E-state index in [1.54, 1.807) is 50.0 Å². The van der Waals surface area contributed by atoms with E-state index in [-0.39, 0.29) is 12.7 Å². The van der Waals surface area contributed by atoms with Crippen LogP contribution in [0.1, 0.15) is 13.8 Å². The van der Waals surface area contributed by atoms with Crippen LogP contribution in [0.4, 0.5) is 0 Å². The first kappa shape index (κ1) is 15.3. The molecule has 0 radical (unpaired) electrons. The van der Waals surface area contributed by atoms with E-state index >= 15 is 0 Å². The predicted octanol–water partition coefficient (Wildman–Crippen LogP) is 2.47. The van der Waals surface area contributed by atoms with Gasteiger partial charge in [0.1, 0.15) is 0 Å². The maximum Gasteiger partial charge on any atom is 0.344 e. The van der Waals surface area contributed by atoms with Crippen molar-refractivity contribution in [2.24, 2.45) is 7.05 Å². The van der Waals surface area contributed by atoms with Crippen molar-refractivity contribution < 1.29 is 14.3 Å². The highest BCUT2D eigenvalue weighted by atomic mass is 35.5. The minimum Gasteiger partial charge on any atom is -0.465 e. The Morgan fingerprint density at radius 1 is 1.43 bits per heavy atom. The highest BCUT2D eigenvalue weighted by molar-refractivity contribution is 6.30. The van der Waals surface area contributed by atoms with Crippen molar-refractivity contribution in [2.45, 2.75) is 20.0 Å². The van der Waals surface area contributed by atoms with Crippen molar-refractivity contribution in [3.63, 3.8) is 0 Å². The zero-order valence-electron chi connectivity index (χ0n) is 12.0. The van der Waals surface area contributed by atoms with Crippen molar-refractivity contribution >= 4 is 17.6 Å². The largest absolute Gasteiger partial charge is 0.465 e. The molecule has 0 spiro atoms. The van der Waals surface area contributed by atoms with E-state index in [0.29, 0.717) is 16.6 Å². The molecule has 0 aliphatic carbocycles. The van der Waals surface area contributed by atoms with Crippen molar-refractivity contribution in [2.75, 3.05) is 6.61 Å². The smallest absolute Gasteiger partial charge is 0.344 e. The second-order valence-corrected chi connectivity index (χ2v) is 5.12. The van der Waals surface area contributed by atoms with Crippen LogP contribution >= 0.6 is 11.6 Å². The Labute approximate surface area is 127 Å². The van der Waals surface area contributed by atoms with Crippen LogP contribution in [-0.4, -0.2) is 33.4 Å². The second kappa shape index (κ2) is 6.58. The Hall–Kier alpha value is -2.08. The summed E-state index contributed by atoms with van der Waals surface area (Å²) in [5, 5.41) is 4.74. The molecular weight excluding hydrogens is 294 g/mol. The fourth-order valence-electron chi connectivity index (χ4n) is 1.71. The highest BCUT2D eigenvalue weighted by Gasteiger charge is 2.12. The number of halogens is 1. The van der Waals surface area contributed by atoms with Gasteiger partial charge in [0.25, 0.3) is 0 Å². The predicted molar refractivity (Wildman–Crippen MR) is 78.2 cm³/mol. The average Bonchev–Trinajstić information content (AvgIpc) is 2.78. The molecule has 0 fully saturated rings. The minimum atomic E-state index is -0.429. The first-order chi connectivity index (χ1) is 9.95. The number of hydrogen-bond acceptors (Lipinski definition) is 5. The van der Waals surface area contributed by atoms with Gasteiger partial charge in [0.15, 0.2) is 6.61 Å². The molecule has 112 valence electrons. The Morgan fingerprint density at radius 3 is 2.81 bits per heavy atom. The molecule has 0 amide bonds. The van der Waals surface area contributed by atoms with Gasteiger partial charge in [-0.25, -0.2) is 4.79 Å². The molecule has 0 bridgehead atoms. The summed E-state index contributed by atoms with van der Waals surface area (Å²) in [7, 11) is 1.77. The third-order valence-electron chi connectivity index (χ3n) is 2.55. The van der Waals surface area contributed by atoms with Gasteiger partial charge in [-0.05, 0) is 26.0 Å². The van der Waals surface area contributed by atoms with Gasteiger partial charge < -0.3 is 9.47 Å². The average molecular weight is 310 g/mol. The summed E-state index contributed by atoms with van der Waals surface area (Å²) in [6.07, 6.45) is 1.39. The van der Waals surface area contributed by atoms with Gasteiger partial charge in [-0.2, -0.15) is 0 Å². The fourth-order valence-corrected chi connectivity index (χ4v) is 1.82. The normalized spacial score (nSPS) is 10.7. The van der Waals surface area contributed by atoms with Crippen LogP contribution < -0.4 is 4.74 Å². The number of hydrogen-bond donors (Lipinski definition) is 0. The summed E-state index contributed by atoms with van der Waals surface area (Å²) >= 11 is 5.81. The molecule has 0 aliphatic rings. The molecule has 21 heavy (non-hydrogen) atoms. The molecule has 0 aromatic carbocycles. The first-order valence-corrected chi connectivity index (χ1v) is 6.81. The van der Waals surface area contributed by atoms with Crippen LogP contribution in [0.25, 0.3) is 11.4 Å². The molecule has 0 aliphatic heterocycles. The third kappa shape index (κ3) is 4.19. The molecule has 2 heterocycles. The molecule has 7 heteroatoms. The Balaban J connectivity index is 2.05. The van der Waals surface area contributed by atoms with Gasteiger partial charge in [-0.3, -0.25) is 9.67 Å². The van der Waals surface area contributed by atoms with E-state index in [2.05, 4.69) is 10.1 Å². The SMILES string of the molecule is CC(C)OC(=O)COc1cc(-c2ccc(Cl)cn2)n(C)n1. The summed E-state index contributed by atoms with van der Waals surface area (Å²) in [6.45, 7) is 3.38. The maximum absolute atomic E-state index is 11.4. The molecule has 2 rings (SSSR count). The molecule has 2 aromatic rings. The van der Waals surface area contributed by atoms with E-state index in [9.17, 15) is 4.79 Å². The molecule has 0 N–H and O–H groups in total. The van der Waals surface area contributed by atoms with E-state index in [4.69, 9.17) is 21.1 Å². The minimum absolute atomic E-state index is 0.168. The van der Waals surface area contributed by atoms with Crippen molar-refractivity contribution in [1.82, 2.24) is 14.8 Å². The number of carbonyl (C=O) groups is 1. The molecular formula is C14H16ClN3O3. The molecule has 0 saturated heterocycles. The van der Waals surface area contributed by atoms with E-state index < -0.39 is 5.97 Å². The van der Waals surface area contributed by atoms with Gasteiger partial charge in [0.05, 0.1) is 22.5 Å². The summed E-state index contributed by atoms with van der Waals surface area (Å²) in [5.74, 6) is -0.0909. The quantitative estimate of drug-likeness (QED) is 0.794. The van der Waals surface area contributed by atoms with E-state index in [1.165, 1.54) is 0 Å².